The number of carboxylic acids is 1. The van der Waals surface area contributed by atoms with E-state index in [0.29, 0.717) is 24.5 Å². The van der Waals surface area contributed by atoms with Crippen LogP contribution < -0.4 is 10.2 Å². The van der Waals surface area contributed by atoms with Gasteiger partial charge in [0.15, 0.2) is 11.8 Å². The van der Waals surface area contributed by atoms with Crippen LogP contribution in [0.1, 0.15) is 17.0 Å². The van der Waals surface area contributed by atoms with Crippen LogP contribution in [0.15, 0.2) is 32.9 Å². The number of carbonyl (C=O) groups is 2. The Labute approximate surface area is 187 Å². The number of carbonyl (C=O) groups excluding carboxylic acids is 1. The second-order valence-electron chi connectivity index (χ2n) is 5.51. The molecule has 2 N–H and O–H groups in total. The lowest BCUT2D eigenvalue weighted by Crippen LogP contribution is -2.19. The predicted octanol–water partition coefficient (Wildman–Crippen LogP) is 3.17. The minimum absolute atomic E-state index is 0.142. The Bertz CT molecular complexity index is 883. The van der Waals surface area contributed by atoms with E-state index in [9.17, 15) is 9.59 Å². The average Bonchev–Trinajstić information content (AvgIpc) is 2.58. The van der Waals surface area contributed by atoms with Crippen molar-refractivity contribution >= 4 is 68.4 Å². The Kier molecular flexibility index (Phi) is 8.63. The number of aliphatic carboxylic acids is 1. The van der Waals surface area contributed by atoms with Crippen LogP contribution in [0.2, 0.25) is 0 Å². The zero-order valence-corrected chi connectivity index (χ0v) is 19.5. The summed E-state index contributed by atoms with van der Waals surface area (Å²) < 4.78 is 6.54. The van der Waals surface area contributed by atoms with Gasteiger partial charge in [-0.2, -0.15) is 5.10 Å². The zero-order valence-electron chi connectivity index (χ0n) is 14.9. The lowest BCUT2D eigenvalue weighted by atomic mass is 10.2. The molecule has 0 atom stereocenters. The molecule has 0 bridgehead atoms. The van der Waals surface area contributed by atoms with Crippen molar-refractivity contribution in [1.29, 1.82) is 0 Å². The number of thioether (sulfide) groups is 1. The standard InChI is InChI=1S/C17H16BrIN4O4S/c1-9-3-10(2)22-17(21-9)28-8-14(24)23-20-6-11-4-12(18)16(13(19)5-11)27-7-15(25)26/h3-6H,7-8H2,1-2H3,(H,23,24)(H,25,26)/b20-6-. The Morgan fingerprint density at radius 1 is 1.32 bits per heavy atom. The van der Waals surface area contributed by atoms with E-state index in [0.717, 1.165) is 11.4 Å². The van der Waals surface area contributed by atoms with Crippen LogP contribution in [0.3, 0.4) is 0 Å². The molecule has 0 radical (unpaired) electrons. The fraction of sp³-hybridized carbons (Fsp3) is 0.235. The first-order valence-electron chi connectivity index (χ1n) is 7.85. The lowest BCUT2D eigenvalue weighted by Gasteiger charge is -2.09. The molecule has 1 amide bonds. The summed E-state index contributed by atoms with van der Waals surface area (Å²) in [6.45, 7) is 3.32. The Morgan fingerprint density at radius 3 is 2.61 bits per heavy atom. The van der Waals surface area contributed by atoms with Crippen LogP contribution in [-0.2, 0) is 9.59 Å². The third-order valence-electron chi connectivity index (χ3n) is 3.06. The van der Waals surface area contributed by atoms with E-state index in [1.807, 2.05) is 42.5 Å². The maximum atomic E-state index is 11.9. The molecule has 2 aromatic rings. The van der Waals surface area contributed by atoms with Crippen molar-refractivity contribution in [3.63, 3.8) is 0 Å². The summed E-state index contributed by atoms with van der Waals surface area (Å²) in [5, 5.41) is 13.2. The van der Waals surface area contributed by atoms with Gasteiger partial charge in [0.25, 0.3) is 5.91 Å². The molecule has 1 heterocycles. The van der Waals surface area contributed by atoms with E-state index < -0.39 is 12.6 Å². The van der Waals surface area contributed by atoms with Gasteiger partial charge in [0.1, 0.15) is 5.75 Å². The summed E-state index contributed by atoms with van der Waals surface area (Å²) in [4.78, 5) is 31.1. The van der Waals surface area contributed by atoms with Crippen LogP contribution in [0.25, 0.3) is 0 Å². The Morgan fingerprint density at radius 2 is 2.00 bits per heavy atom. The van der Waals surface area contributed by atoms with Gasteiger partial charge in [-0.25, -0.2) is 20.2 Å². The van der Waals surface area contributed by atoms with Crippen LogP contribution in [0.4, 0.5) is 0 Å². The smallest absolute Gasteiger partial charge is 0.341 e. The number of benzene rings is 1. The summed E-state index contributed by atoms with van der Waals surface area (Å²) >= 11 is 6.61. The lowest BCUT2D eigenvalue weighted by molar-refractivity contribution is -0.139. The fourth-order valence-electron chi connectivity index (χ4n) is 2.03. The highest BCUT2D eigenvalue weighted by molar-refractivity contribution is 14.1. The van der Waals surface area contributed by atoms with Crippen molar-refractivity contribution in [1.82, 2.24) is 15.4 Å². The number of ether oxygens (including phenoxy) is 1. The van der Waals surface area contributed by atoms with Crippen molar-refractivity contribution in [3.8, 4) is 5.75 Å². The number of hydrogen-bond acceptors (Lipinski definition) is 7. The third kappa shape index (κ3) is 7.36. The van der Waals surface area contributed by atoms with Crippen molar-refractivity contribution in [2.45, 2.75) is 19.0 Å². The average molecular weight is 579 g/mol. The molecular formula is C17H16BrIN4O4S. The topological polar surface area (TPSA) is 114 Å². The van der Waals surface area contributed by atoms with Gasteiger partial charge in [0.05, 0.1) is 20.0 Å². The van der Waals surface area contributed by atoms with Gasteiger partial charge >= 0.3 is 5.97 Å². The number of amides is 1. The number of aryl methyl sites for hydroxylation is 2. The SMILES string of the molecule is Cc1cc(C)nc(SCC(=O)N/N=C\c2cc(Br)c(OCC(=O)O)c(I)c2)n1. The van der Waals surface area contributed by atoms with Crippen molar-refractivity contribution in [2.75, 3.05) is 12.4 Å². The van der Waals surface area contributed by atoms with E-state index in [1.54, 1.807) is 12.1 Å². The van der Waals surface area contributed by atoms with Crippen molar-refractivity contribution in [3.05, 3.63) is 43.2 Å². The van der Waals surface area contributed by atoms with Gasteiger partial charge in [-0.3, -0.25) is 4.79 Å². The van der Waals surface area contributed by atoms with E-state index >= 15 is 0 Å². The molecule has 0 aliphatic heterocycles. The van der Waals surface area contributed by atoms with Crippen LogP contribution in [-0.4, -0.2) is 45.5 Å². The number of halogens is 2. The molecule has 8 nitrogen and oxygen atoms in total. The highest BCUT2D eigenvalue weighted by Crippen LogP contribution is 2.31. The summed E-state index contributed by atoms with van der Waals surface area (Å²) in [6.07, 6.45) is 1.49. The molecule has 0 saturated carbocycles. The Hall–Kier alpha value is -1.73. The number of carboxylic acid groups (broad SMARTS) is 1. The van der Waals surface area contributed by atoms with Gasteiger partial charge in [-0.15, -0.1) is 0 Å². The molecule has 1 aromatic heterocycles. The first-order valence-corrected chi connectivity index (χ1v) is 10.7. The number of nitrogens with zero attached hydrogens (tertiary/aromatic N) is 3. The van der Waals surface area contributed by atoms with Crippen molar-refractivity contribution in [2.24, 2.45) is 5.10 Å². The number of aromatic nitrogens is 2. The van der Waals surface area contributed by atoms with Gasteiger partial charge < -0.3 is 9.84 Å². The van der Waals surface area contributed by atoms with E-state index in [1.165, 1.54) is 18.0 Å². The second kappa shape index (κ2) is 10.7. The Balaban J connectivity index is 1.91. The van der Waals surface area contributed by atoms with Crippen LogP contribution in [0.5, 0.6) is 5.75 Å². The third-order valence-corrected chi connectivity index (χ3v) is 5.30. The number of rotatable bonds is 8. The molecule has 0 aliphatic carbocycles. The van der Waals surface area contributed by atoms with Gasteiger partial charge in [-0.05, 0) is 76.1 Å². The second-order valence-corrected chi connectivity index (χ2v) is 8.47. The number of nitrogens with one attached hydrogen (secondary N) is 1. The maximum absolute atomic E-state index is 11.9. The maximum Gasteiger partial charge on any atom is 0.341 e. The molecule has 0 saturated heterocycles. The molecule has 28 heavy (non-hydrogen) atoms. The molecular weight excluding hydrogens is 563 g/mol. The first-order chi connectivity index (χ1) is 13.2. The zero-order chi connectivity index (χ0) is 20.7. The highest BCUT2D eigenvalue weighted by Gasteiger charge is 2.10. The monoisotopic (exact) mass is 578 g/mol. The van der Waals surface area contributed by atoms with E-state index in [-0.39, 0.29) is 11.7 Å². The number of hydrogen-bond donors (Lipinski definition) is 2. The van der Waals surface area contributed by atoms with Gasteiger partial charge in [-0.1, -0.05) is 11.8 Å². The van der Waals surface area contributed by atoms with Crippen LogP contribution in [0, 0.1) is 17.4 Å². The van der Waals surface area contributed by atoms with E-state index in [2.05, 4.69) is 36.4 Å². The van der Waals surface area contributed by atoms with Gasteiger partial charge in [0, 0.05) is 11.4 Å². The molecule has 0 spiro atoms. The minimum atomic E-state index is -1.06. The first kappa shape index (κ1) is 22.6. The number of hydrazone groups is 1. The molecule has 11 heteroatoms. The summed E-state index contributed by atoms with van der Waals surface area (Å²) in [5.74, 6) is -0.753. The molecule has 148 valence electrons. The van der Waals surface area contributed by atoms with E-state index in [4.69, 9.17) is 9.84 Å². The normalized spacial score (nSPS) is 10.9. The molecule has 1 aromatic carbocycles. The largest absolute Gasteiger partial charge is 0.480 e. The van der Waals surface area contributed by atoms with Gasteiger partial charge in [0.2, 0.25) is 0 Å². The summed E-state index contributed by atoms with van der Waals surface area (Å²) in [5.41, 5.74) is 4.87. The highest BCUT2D eigenvalue weighted by atomic mass is 127. The molecule has 0 fully saturated rings. The summed E-state index contributed by atoms with van der Waals surface area (Å²) in [7, 11) is 0. The van der Waals surface area contributed by atoms with Crippen molar-refractivity contribution < 1.29 is 19.4 Å². The van der Waals surface area contributed by atoms with Crippen LogP contribution >= 0.6 is 50.3 Å². The molecule has 2 rings (SSSR count). The molecule has 0 unspecified atom stereocenters. The predicted molar refractivity (Wildman–Crippen MR) is 118 cm³/mol. The minimum Gasteiger partial charge on any atom is -0.480 e. The fourth-order valence-corrected chi connectivity index (χ4v) is 4.54. The molecule has 0 aliphatic rings. The summed E-state index contributed by atoms with van der Waals surface area (Å²) in [6, 6.07) is 5.34. The quantitative estimate of drug-likeness (QED) is 0.163.